The predicted octanol–water partition coefficient (Wildman–Crippen LogP) is 1.42. The summed E-state index contributed by atoms with van der Waals surface area (Å²) in [6.07, 6.45) is 3.37. The Balaban J connectivity index is 2.43. The summed E-state index contributed by atoms with van der Waals surface area (Å²) >= 11 is 0. The van der Waals surface area contributed by atoms with E-state index < -0.39 is 11.9 Å². The maximum atomic E-state index is 13.1. The largest absolute Gasteiger partial charge is 0.478 e. The Bertz CT molecular complexity index is 309. The second-order valence-corrected chi connectivity index (χ2v) is 3.55. The Morgan fingerprint density at radius 2 is 2.38 bits per heavy atom. The number of nitrogens with one attached hydrogen (secondary N) is 1. The molecule has 0 spiro atoms. The van der Waals surface area contributed by atoms with Crippen LogP contribution in [-0.2, 0) is 9.53 Å². The lowest BCUT2D eigenvalue weighted by atomic mass is 10.2. The topological polar surface area (TPSA) is 70.9 Å². The van der Waals surface area contributed by atoms with Crippen LogP contribution in [0.25, 0.3) is 0 Å². The lowest BCUT2D eigenvalue weighted by Gasteiger charge is -2.21. The minimum absolute atomic E-state index is 0.104. The van der Waals surface area contributed by atoms with Gasteiger partial charge in [0, 0.05) is 18.3 Å². The van der Waals surface area contributed by atoms with E-state index in [0.717, 1.165) is 25.3 Å². The number of ether oxygens (including phenoxy) is 1. The molecule has 1 rings (SSSR count). The molecule has 16 heavy (non-hydrogen) atoms. The lowest BCUT2D eigenvalue weighted by molar-refractivity contribution is -0.132. The Kier molecular flexibility index (Phi) is 4.91. The van der Waals surface area contributed by atoms with E-state index in [-0.39, 0.29) is 11.8 Å². The summed E-state index contributed by atoms with van der Waals surface area (Å²) in [6, 6.07) is 0. The highest BCUT2D eigenvalue weighted by Crippen LogP contribution is 2.10. The molecule has 0 aliphatic carbocycles. The van der Waals surface area contributed by atoms with Crippen molar-refractivity contribution in [3.63, 3.8) is 0 Å². The maximum Gasteiger partial charge on any atom is 0.331 e. The molecule has 0 aromatic heterocycles. The van der Waals surface area contributed by atoms with Crippen LogP contribution in [0.5, 0.6) is 0 Å². The highest BCUT2D eigenvalue weighted by Gasteiger charge is 2.12. The van der Waals surface area contributed by atoms with Gasteiger partial charge in [-0.05, 0) is 26.2 Å². The van der Waals surface area contributed by atoms with Crippen molar-refractivity contribution >= 4 is 11.9 Å². The van der Waals surface area contributed by atoms with Crippen molar-refractivity contribution in [1.29, 1.82) is 0 Å². The van der Waals surface area contributed by atoms with Gasteiger partial charge >= 0.3 is 5.97 Å². The number of carbonyl (C=O) groups is 1. The highest BCUT2D eigenvalue weighted by atomic mass is 19.1. The third-order valence-electron chi connectivity index (χ3n) is 2.17. The van der Waals surface area contributed by atoms with Crippen LogP contribution in [0.15, 0.2) is 16.8 Å². The summed E-state index contributed by atoms with van der Waals surface area (Å²) in [5.74, 6) is -2.03. The molecule has 1 saturated heterocycles. The SMILES string of the molecule is C/C(=C\C(F)=N/NC1CCCCO1)C(=O)O. The fourth-order valence-electron chi connectivity index (χ4n) is 1.25. The molecular weight excluding hydrogens is 215 g/mol. The average molecular weight is 230 g/mol. The summed E-state index contributed by atoms with van der Waals surface area (Å²) in [5, 5.41) is 11.9. The van der Waals surface area contributed by atoms with Gasteiger partial charge in [0.15, 0.2) is 0 Å². The molecule has 6 heteroatoms. The summed E-state index contributed by atoms with van der Waals surface area (Å²) in [4.78, 5) is 10.4. The summed E-state index contributed by atoms with van der Waals surface area (Å²) < 4.78 is 18.3. The molecule has 1 aliphatic rings. The van der Waals surface area contributed by atoms with Crippen LogP contribution < -0.4 is 5.43 Å². The monoisotopic (exact) mass is 230 g/mol. The fraction of sp³-hybridized carbons (Fsp3) is 0.600. The van der Waals surface area contributed by atoms with Crippen LogP contribution in [-0.4, -0.2) is 29.9 Å². The van der Waals surface area contributed by atoms with Gasteiger partial charge in [-0.15, -0.1) is 5.10 Å². The third-order valence-corrected chi connectivity index (χ3v) is 2.17. The zero-order valence-electron chi connectivity index (χ0n) is 9.07. The molecule has 1 atom stereocenters. The summed E-state index contributed by atoms with van der Waals surface area (Å²) in [7, 11) is 0. The number of hydrogen-bond donors (Lipinski definition) is 2. The van der Waals surface area contributed by atoms with Crippen LogP contribution >= 0.6 is 0 Å². The van der Waals surface area contributed by atoms with Gasteiger partial charge in [0.2, 0.25) is 5.97 Å². The Morgan fingerprint density at radius 1 is 1.62 bits per heavy atom. The maximum absolute atomic E-state index is 13.1. The zero-order valence-corrected chi connectivity index (χ0v) is 9.07. The summed E-state index contributed by atoms with van der Waals surface area (Å²) in [6.45, 7) is 1.94. The van der Waals surface area contributed by atoms with Crippen molar-refractivity contribution < 1.29 is 19.0 Å². The van der Waals surface area contributed by atoms with E-state index in [2.05, 4.69) is 10.5 Å². The van der Waals surface area contributed by atoms with E-state index >= 15 is 0 Å². The van der Waals surface area contributed by atoms with Gasteiger partial charge < -0.3 is 9.84 Å². The van der Waals surface area contributed by atoms with Gasteiger partial charge in [0.1, 0.15) is 6.23 Å². The first-order valence-electron chi connectivity index (χ1n) is 5.11. The zero-order chi connectivity index (χ0) is 12.0. The molecule has 0 saturated carbocycles. The molecule has 0 amide bonds. The van der Waals surface area contributed by atoms with E-state index in [4.69, 9.17) is 9.84 Å². The minimum Gasteiger partial charge on any atom is -0.478 e. The summed E-state index contributed by atoms with van der Waals surface area (Å²) in [5.41, 5.74) is 2.41. The number of aliphatic carboxylic acids is 1. The Hall–Kier alpha value is -1.43. The first-order chi connectivity index (χ1) is 7.59. The smallest absolute Gasteiger partial charge is 0.331 e. The highest BCUT2D eigenvalue weighted by molar-refractivity contribution is 5.96. The quantitative estimate of drug-likeness (QED) is 0.435. The van der Waals surface area contributed by atoms with Crippen LogP contribution in [0.3, 0.4) is 0 Å². The van der Waals surface area contributed by atoms with Crippen molar-refractivity contribution in [2.45, 2.75) is 32.4 Å². The van der Waals surface area contributed by atoms with Gasteiger partial charge in [-0.3, -0.25) is 5.43 Å². The van der Waals surface area contributed by atoms with Crippen molar-refractivity contribution in [2.24, 2.45) is 5.10 Å². The van der Waals surface area contributed by atoms with E-state index in [0.29, 0.717) is 6.61 Å². The number of nitrogens with zero attached hydrogens (tertiary/aromatic N) is 1. The van der Waals surface area contributed by atoms with E-state index in [1.165, 1.54) is 6.92 Å². The number of hydrogen-bond acceptors (Lipinski definition) is 4. The number of halogens is 1. The third kappa shape index (κ3) is 4.39. The number of carboxylic acids is 1. The molecule has 1 fully saturated rings. The normalized spacial score (nSPS) is 23.0. The van der Waals surface area contributed by atoms with Crippen molar-refractivity contribution in [3.05, 3.63) is 11.6 Å². The first-order valence-corrected chi connectivity index (χ1v) is 5.11. The molecule has 1 heterocycles. The molecule has 0 aromatic carbocycles. The second-order valence-electron chi connectivity index (χ2n) is 3.55. The molecule has 5 nitrogen and oxygen atoms in total. The number of allylic oxidation sites excluding steroid dienone is 1. The number of rotatable bonds is 4. The van der Waals surface area contributed by atoms with Crippen molar-refractivity contribution in [3.8, 4) is 0 Å². The molecule has 0 radical (unpaired) electrons. The van der Waals surface area contributed by atoms with Gasteiger partial charge in [-0.2, -0.15) is 4.39 Å². The van der Waals surface area contributed by atoms with E-state index in [1.807, 2.05) is 0 Å². The van der Waals surface area contributed by atoms with Crippen LogP contribution in [0, 0.1) is 0 Å². The molecule has 1 unspecified atom stereocenters. The van der Waals surface area contributed by atoms with Crippen LogP contribution in [0.2, 0.25) is 0 Å². The number of carboxylic acid groups (broad SMARTS) is 1. The lowest BCUT2D eigenvalue weighted by Crippen LogP contribution is -2.31. The Labute approximate surface area is 93.0 Å². The standard InChI is InChI=1S/C10H15FN2O3/c1-7(10(14)15)6-8(11)12-13-9-4-2-3-5-16-9/h6,9,13H,2-5H2,1H3,(H,14,15)/b7-6+,12-8+. The Morgan fingerprint density at radius 3 is 2.94 bits per heavy atom. The molecule has 90 valence electrons. The van der Waals surface area contributed by atoms with E-state index in [9.17, 15) is 9.18 Å². The molecule has 0 bridgehead atoms. The van der Waals surface area contributed by atoms with E-state index in [1.54, 1.807) is 0 Å². The van der Waals surface area contributed by atoms with Crippen molar-refractivity contribution in [1.82, 2.24) is 5.43 Å². The fourth-order valence-corrected chi connectivity index (χ4v) is 1.25. The van der Waals surface area contributed by atoms with Gasteiger partial charge in [0.05, 0.1) is 0 Å². The second kappa shape index (κ2) is 6.22. The van der Waals surface area contributed by atoms with Crippen molar-refractivity contribution in [2.75, 3.05) is 6.61 Å². The molecule has 0 aromatic rings. The predicted molar refractivity (Wildman–Crippen MR) is 56.7 cm³/mol. The minimum atomic E-state index is -1.17. The van der Waals surface area contributed by atoms with Gasteiger partial charge in [0.25, 0.3) is 0 Å². The van der Waals surface area contributed by atoms with Gasteiger partial charge in [-0.1, -0.05) is 0 Å². The average Bonchev–Trinajstić information content (AvgIpc) is 2.27. The molecule has 1 aliphatic heterocycles. The molecular formula is C10H15FN2O3. The van der Waals surface area contributed by atoms with Crippen LogP contribution in [0.4, 0.5) is 4.39 Å². The number of hydrazone groups is 1. The van der Waals surface area contributed by atoms with Crippen LogP contribution in [0.1, 0.15) is 26.2 Å². The first kappa shape index (κ1) is 12.6. The molecule has 2 N–H and O–H groups in total. The van der Waals surface area contributed by atoms with Gasteiger partial charge in [-0.25, -0.2) is 4.79 Å².